The van der Waals surface area contributed by atoms with Gasteiger partial charge in [-0.25, -0.2) is 4.79 Å². The number of hydrogen-bond acceptors (Lipinski definition) is 2. The van der Waals surface area contributed by atoms with Gasteiger partial charge in [0.2, 0.25) is 0 Å². The summed E-state index contributed by atoms with van der Waals surface area (Å²) in [5.74, 6) is -0.966. The summed E-state index contributed by atoms with van der Waals surface area (Å²) in [6, 6.07) is 10.7. The molecular formula is C15H12ClNO2. The van der Waals surface area contributed by atoms with Crippen LogP contribution in [0, 0.1) is 6.92 Å². The second kappa shape index (κ2) is 5.67. The highest BCUT2D eigenvalue weighted by Gasteiger charge is 2.07. The topological polar surface area (TPSA) is 50.2 Å². The Morgan fingerprint density at radius 3 is 2.58 bits per heavy atom. The van der Waals surface area contributed by atoms with E-state index >= 15 is 0 Å². The summed E-state index contributed by atoms with van der Waals surface area (Å²) >= 11 is 6.04. The Labute approximate surface area is 116 Å². The molecule has 1 N–H and O–H groups in total. The third-order valence-electron chi connectivity index (χ3n) is 2.68. The Morgan fingerprint density at radius 2 is 1.95 bits per heavy atom. The van der Waals surface area contributed by atoms with Gasteiger partial charge in [0.05, 0.1) is 17.0 Å². The smallest absolute Gasteiger partial charge is 0.337 e. The van der Waals surface area contributed by atoms with Crippen LogP contribution < -0.4 is 0 Å². The van der Waals surface area contributed by atoms with Crippen LogP contribution in [0.25, 0.3) is 12.2 Å². The number of rotatable bonds is 3. The van der Waals surface area contributed by atoms with Crippen LogP contribution in [0.3, 0.4) is 0 Å². The van der Waals surface area contributed by atoms with Crippen LogP contribution >= 0.6 is 11.6 Å². The zero-order valence-corrected chi connectivity index (χ0v) is 11.1. The molecule has 96 valence electrons. The van der Waals surface area contributed by atoms with Crippen molar-refractivity contribution in [2.75, 3.05) is 0 Å². The quantitative estimate of drug-likeness (QED) is 0.922. The van der Waals surface area contributed by atoms with Crippen LogP contribution in [0.4, 0.5) is 0 Å². The van der Waals surface area contributed by atoms with Crippen molar-refractivity contribution in [1.82, 2.24) is 4.98 Å². The van der Waals surface area contributed by atoms with Gasteiger partial charge in [-0.1, -0.05) is 35.9 Å². The highest BCUT2D eigenvalue weighted by atomic mass is 35.5. The van der Waals surface area contributed by atoms with Crippen LogP contribution in [0.5, 0.6) is 0 Å². The van der Waals surface area contributed by atoms with Gasteiger partial charge in [-0.15, -0.1) is 0 Å². The Hall–Kier alpha value is -2.13. The number of aromatic nitrogens is 1. The van der Waals surface area contributed by atoms with Crippen molar-refractivity contribution in [1.29, 1.82) is 0 Å². The lowest BCUT2D eigenvalue weighted by molar-refractivity contribution is 0.0695. The molecule has 1 aromatic carbocycles. The van der Waals surface area contributed by atoms with E-state index in [-0.39, 0.29) is 5.56 Å². The highest BCUT2D eigenvalue weighted by molar-refractivity contribution is 6.32. The predicted molar refractivity (Wildman–Crippen MR) is 76.3 cm³/mol. The van der Waals surface area contributed by atoms with Gasteiger partial charge >= 0.3 is 5.97 Å². The Bertz CT molecular complexity index is 650. The molecule has 1 aromatic heterocycles. The van der Waals surface area contributed by atoms with Crippen LogP contribution in [-0.4, -0.2) is 16.1 Å². The molecule has 0 aliphatic rings. The molecular weight excluding hydrogens is 262 g/mol. The SMILES string of the molecule is Cc1nc(/C=C/c2ccccc2Cl)ccc1C(=O)O. The zero-order chi connectivity index (χ0) is 13.8. The Kier molecular flexibility index (Phi) is 3.97. The van der Waals surface area contributed by atoms with E-state index in [1.807, 2.05) is 30.3 Å². The molecule has 0 fully saturated rings. The lowest BCUT2D eigenvalue weighted by Crippen LogP contribution is -2.01. The van der Waals surface area contributed by atoms with Crippen LogP contribution in [-0.2, 0) is 0 Å². The van der Waals surface area contributed by atoms with Gasteiger partial charge in [-0.3, -0.25) is 4.98 Å². The summed E-state index contributed by atoms with van der Waals surface area (Å²) < 4.78 is 0. The number of nitrogens with zero attached hydrogens (tertiary/aromatic N) is 1. The van der Waals surface area contributed by atoms with E-state index in [1.165, 1.54) is 0 Å². The number of hydrogen-bond donors (Lipinski definition) is 1. The minimum absolute atomic E-state index is 0.217. The molecule has 1 heterocycles. The number of halogens is 1. The number of carboxylic acid groups (broad SMARTS) is 1. The molecule has 0 amide bonds. The van der Waals surface area contributed by atoms with Gasteiger partial charge in [0, 0.05) is 5.02 Å². The average Bonchev–Trinajstić information content (AvgIpc) is 2.37. The summed E-state index contributed by atoms with van der Waals surface area (Å²) in [6.45, 7) is 1.68. The number of carboxylic acids is 1. The molecule has 2 aromatic rings. The van der Waals surface area contributed by atoms with E-state index in [0.717, 1.165) is 5.56 Å². The predicted octanol–water partition coefficient (Wildman–Crippen LogP) is 3.91. The molecule has 0 spiro atoms. The Morgan fingerprint density at radius 1 is 1.21 bits per heavy atom. The van der Waals surface area contributed by atoms with Gasteiger partial charge in [0.25, 0.3) is 0 Å². The molecule has 0 unspecified atom stereocenters. The first-order valence-corrected chi connectivity index (χ1v) is 6.09. The first kappa shape index (κ1) is 13.3. The average molecular weight is 274 g/mol. The van der Waals surface area contributed by atoms with Gasteiger partial charge in [0.15, 0.2) is 0 Å². The van der Waals surface area contributed by atoms with Crippen molar-refractivity contribution in [3.8, 4) is 0 Å². The fourth-order valence-electron chi connectivity index (χ4n) is 1.68. The minimum atomic E-state index is -0.966. The van der Waals surface area contributed by atoms with E-state index in [2.05, 4.69) is 4.98 Å². The van der Waals surface area contributed by atoms with Gasteiger partial charge in [-0.05, 0) is 36.8 Å². The fourth-order valence-corrected chi connectivity index (χ4v) is 1.88. The van der Waals surface area contributed by atoms with E-state index in [1.54, 1.807) is 25.1 Å². The maximum absolute atomic E-state index is 10.9. The van der Waals surface area contributed by atoms with Crippen molar-refractivity contribution in [2.45, 2.75) is 6.92 Å². The van der Waals surface area contributed by atoms with E-state index < -0.39 is 5.97 Å². The molecule has 0 aliphatic carbocycles. The molecule has 0 radical (unpaired) electrons. The molecule has 2 rings (SSSR count). The Balaban J connectivity index is 2.27. The molecule has 3 nitrogen and oxygen atoms in total. The normalized spacial score (nSPS) is 10.8. The minimum Gasteiger partial charge on any atom is -0.478 e. The molecule has 0 atom stereocenters. The molecule has 4 heteroatoms. The monoisotopic (exact) mass is 273 g/mol. The second-order valence-electron chi connectivity index (χ2n) is 4.03. The standard InChI is InChI=1S/C15H12ClNO2/c1-10-13(15(18)19)9-8-12(17-10)7-6-11-4-2-3-5-14(11)16/h2-9H,1H3,(H,18,19)/b7-6+. The summed E-state index contributed by atoms with van der Waals surface area (Å²) in [7, 11) is 0. The van der Waals surface area contributed by atoms with Crippen molar-refractivity contribution >= 4 is 29.7 Å². The van der Waals surface area contributed by atoms with Crippen LogP contribution in [0.2, 0.25) is 5.02 Å². The first-order chi connectivity index (χ1) is 9.08. The number of benzene rings is 1. The third-order valence-corrected chi connectivity index (χ3v) is 3.02. The second-order valence-corrected chi connectivity index (χ2v) is 4.44. The molecule has 0 saturated carbocycles. The summed E-state index contributed by atoms with van der Waals surface area (Å²) in [5.41, 5.74) is 2.30. The fraction of sp³-hybridized carbons (Fsp3) is 0.0667. The van der Waals surface area contributed by atoms with Crippen LogP contribution in [0.1, 0.15) is 27.3 Å². The van der Waals surface area contributed by atoms with Crippen LogP contribution in [0.15, 0.2) is 36.4 Å². The number of aryl methyl sites for hydroxylation is 1. The summed E-state index contributed by atoms with van der Waals surface area (Å²) in [5, 5.41) is 9.59. The zero-order valence-electron chi connectivity index (χ0n) is 10.3. The first-order valence-electron chi connectivity index (χ1n) is 5.71. The van der Waals surface area contributed by atoms with Gasteiger partial charge in [-0.2, -0.15) is 0 Å². The van der Waals surface area contributed by atoms with Gasteiger partial charge < -0.3 is 5.11 Å². The maximum Gasteiger partial charge on any atom is 0.337 e. The molecule has 19 heavy (non-hydrogen) atoms. The van der Waals surface area contributed by atoms with Crippen molar-refractivity contribution < 1.29 is 9.90 Å². The summed E-state index contributed by atoms with van der Waals surface area (Å²) in [4.78, 5) is 15.1. The number of aromatic carboxylic acids is 1. The third kappa shape index (κ3) is 3.20. The van der Waals surface area contributed by atoms with Crippen molar-refractivity contribution in [3.05, 3.63) is 63.9 Å². The van der Waals surface area contributed by atoms with Crippen molar-refractivity contribution in [3.63, 3.8) is 0 Å². The maximum atomic E-state index is 10.9. The van der Waals surface area contributed by atoms with E-state index in [9.17, 15) is 4.79 Å². The van der Waals surface area contributed by atoms with Gasteiger partial charge in [0.1, 0.15) is 0 Å². The lowest BCUT2D eigenvalue weighted by atomic mass is 10.1. The number of pyridine rings is 1. The lowest BCUT2D eigenvalue weighted by Gasteiger charge is -2.01. The van der Waals surface area contributed by atoms with E-state index in [4.69, 9.17) is 16.7 Å². The number of carbonyl (C=O) groups is 1. The van der Waals surface area contributed by atoms with E-state index in [0.29, 0.717) is 16.4 Å². The molecule has 0 aliphatic heterocycles. The largest absolute Gasteiger partial charge is 0.478 e. The van der Waals surface area contributed by atoms with Crippen molar-refractivity contribution in [2.24, 2.45) is 0 Å². The summed E-state index contributed by atoms with van der Waals surface area (Å²) in [6.07, 6.45) is 3.66. The highest BCUT2D eigenvalue weighted by Crippen LogP contribution is 2.18. The molecule has 0 saturated heterocycles. The molecule has 0 bridgehead atoms.